The first kappa shape index (κ1) is 16.5. The van der Waals surface area contributed by atoms with E-state index < -0.39 is 0 Å². The van der Waals surface area contributed by atoms with Crippen molar-refractivity contribution in [1.82, 2.24) is 0 Å². The molecule has 0 nitrogen and oxygen atoms in total. The number of hydrogen-bond acceptors (Lipinski definition) is 0. The highest BCUT2D eigenvalue weighted by atomic mass is 14.1. The second-order valence-corrected chi connectivity index (χ2v) is 6.88. The van der Waals surface area contributed by atoms with Gasteiger partial charge in [0.2, 0.25) is 0 Å². The van der Waals surface area contributed by atoms with Crippen LogP contribution in [0.2, 0.25) is 0 Å². The van der Waals surface area contributed by atoms with E-state index in [1.165, 1.54) is 33.4 Å². The fourth-order valence-electron chi connectivity index (χ4n) is 3.20. The van der Waals surface area contributed by atoms with Crippen LogP contribution in [-0.4, -0.2) is 0 Å². The van der Waals surface area contributed by atoms with Gasteiger partial charge in [-0.2, -0.15) is 0 Å². The van der Waals surface area contributed by atoms with Crippen molar-refractivity contribution in [2.75, 3.05) is 0 Å². The molecule has 0 aliphatic heterocycles. The van der Waals surface area contributed by atoms with E-state index >= 15 is 0 Å². The number of hydrogen-bond donors (Lipinski definition) is 0. The highest BCUT2D eigenvalue weighted by molar-refractivity contribution is 5.70. The molecule has 0 amide bonds. The molecule has 0 heteroatoms. The van der Waals surface area contributed by atoms with Gasteiger partial charge >= 0.3 is 0 Å². The summed E-state index contributed by atoms with van der Waals surface area (Å²) >= 11 is 0. The molecule has 0 N–H and O–H groups in total. The molecule has 116 valence electrons. The fraction of sp³-hybridized carbons (Fsp3) is 0.364. The van der Waals surface area contributed by atoms with Gasteiger partial charge in [0.25, 0.3) is 0 Å². The quantitative estimate of drug-likeness (QED) is 0.549. The van der Waals surface area contributed by atoms with E-state index in [0.717, 1.165) is 0 Å². The fourth-order valence-corrected chi connectivity index (χ4v) is 3.20. The normalized spacial score (nSPS) is 11.8. The van der Waals surface area contributed by atoms with E-state index in [1.807, 2.05) is 0 Å². The van der Waals surface area contributed by atoms with E-state index in [2.05, 4.69) is 90.1 Å². The summed E-state index contributed by atoms with van der Waals surface area (Å²) in [5.74, 6) is 1.17. The lowest BCUT2D eigenvalue weighted by molar-refractivity contribution is 0.846. The lowest BCUT2D eigenvalue weighted by Gasteiger charge is -2.14. The Labute approximate surface area is 135 Å². The van der Waals surface area contributed by atoms with Crippen LogP contribution in [0.3, 0.4) is 0 Å². The summed E-state index contributed by atoms with van der Waals surface area (Å²) in [7, 11) is 0. The molecule has 0 aliphatic rings. The van der Waals surface area contributed by atoms with Crippen molar-refractivity contribution in [2.24, 2.45) is 0 Å². The lowest BCUT2D eigenvalue weighted by atomic mass is 9.91. The second kappa shape index (κ2) is 6.96. The molecular weight excluding hydrogens is 264 g/mol. The van der Waals surface area contributed by atoms with Crippen LogP contribution in [-0.2, 0) is 0 Å². The van der Waals surface area contributed by atoms with Gasteiger partial charge in [-0.15, -0.1) is 0 Å². The zero-order valence-electron chi connectivity index (χ0n) is 14.8. The molecule has 0 atom stereocenters. The number of rotatable bonds is 4. The van der Waals surface area contributed by atoms with Crippen molar-refractivity contribution in [1.29, 1.82) is 0 Å². The highest BCUT2D eigenvalue weighted by Crippen LogP contribution is 2.25. The maximum atomic E-state index is 2.29. The molecule has 0 spiro atoms. The first-order valence-corrected chi connectivity index (χ1v) is 8.27. The Bertz CT molecular complexity index is 632. The van der Waals surface area contributed by atoms with Crippen molar-refractivity contribution in [3.05, 3.63) is 69.8 Å². The van der Waals surface area contributed by atoms with Gasteiger partial charge in [0.05, 0.1) is 0 Å². The molecule has 0 aliphatic carbocycles. The topological polar surface area (TPSA) is 0 Å². The van der Waals surface area contributed by atoms with Crippen molar-refractivity contribution in [3.8, 4) is 0 Å². The molecule has 0 fully saturated rings. The van der Waals surface area contributed by atoms with Crippen molar-refractivity contribution >= 4 is 12.2 Å². The molecule has 0 unspecified atom stereocenters. The first-order valence-electron chi connectivity index (χ1n) is 8.27. The van der Waals surface area contributed by atoms with Crippen molar-refractivity contribution in [3.63, 3.8) is 0 Å². The average Bonchev–Trinajstić information content (AvgIpc) is 2.44. The third kappa shape index (κ3) is 3.88. The molecule has 0 saturated carbocycles. The van der Waals surface area contributed by atoms with Gasteiger partial charge in [0, 0.05) is 0 Å². The Morgan fingerprint density at radius 3 is 1.64 bits per heavy atom. The molecule has 2 rings (SSSR count). The zero-order valence-corrected chi connectivity index (χ0v) is 14.8. The van der Waals surface area contributed by atoms with E-state index in [-0.39, 0.29) is 0 Å². The van der Waals surface area contributed by atoms with Crippen molar-refractivity contribution in [2.45, 2.75) is 53.4 Å². The predicted molar refractivity (Wildman–Crippen MR) is 99.5 cm³/mol. The van der Waals surface area contributed by atoms with Crippen molar-refractivity contribution < 1.29 is 0 Å². The van der Waals surface area contributed by atoms with Gasteiger partial charge in [0.1, 0.15) is 0 Å². The highest BCUT2D eigenvalue weighted by Gasteiger charge is 2.07. The van der Waals surface area contributed by atoms with Crippen LogP contribution in [0.4, 0.5) is 0 Å². The summed E-state index contributed by atoms with van der Waals surface area (Å²) in [4.78, 5) is 0. The van der Waals surface area contributed by atoms with Gasteiger partial charge in [-0.3, -0.25) is 0 Å². The third-order valence-electron chi connectivity index (χ3n) is 4.26. The van der Waals surface area contributed by atoms with Crippen LogP contribution >= 0.6 is 0 Å². The van der Waals surface area contributed by atoms with Crippen LogP contribution in [0, 0.1) is 13.8 Å². The molecular formula is C22H28. The second-order valence-electron chi connectivity index (χ2n) is 6.88. The minimum Gasteiger partial charge on any atom is -0.0587 e. The van der Waals surface area contributed by atoms with E-state index in [1.54, 1.807) is 0 Å². The van der Waals surface area contributed by atoms with Crippen LogP contribution in [0.1, 0.15) is 72.9 Å². The summed E-state index contributed by atoms with van der Waals surface area (Å²) in [6.45, 7) is 13.4. The molecule has 0 aromatic heterocycles. The molecule has 2 aromatic carbocycles. The summed E-state index contributed by atoms with van der Waals surface area (Å²) in [6.07, 6.45) is 4.42. The zero-order chi connectivity index (χ0) is 16.3. The van der Waals surface area contributed by atoms with Gasteiger partial charge < -0.3 is 0 Å². The van der Waals surface area contributed by atoms with Crippen LogP contribution in [0.25, 0.3) is 12.2 Å². The standard InChI is InChI=1S/C22H28/c1-15(2)21-11-9-19(10-12-21)7-8-20-13-17(5)22(16(3)4)18(6)14-20/h7-16H,1-6H3/b8-7+. The minimum absolute atomic E-state index is 0.585. The molecule has 0 bridgehead atoms. The van der Waals surface area contributed by atoms with Crippen LogP contribution < -0.4 is 0 Å². The SMILES string of the molecule is Cc1cc(/C=C/c2ccc(C(C)C)cc2)cc(C)c1C(C)C. The summed E-state index contributed by atoms with van der Waals surface area (Å²) in [5.41, 5.74) is 8.21. The Morgan fingerprint density at radius 1 is 0.682 bits per heavy atom. The minimum atomic E-state index is 0.585. The molecule has 0 radical (unpaired) electrons. The predicted octanol–water partition coefficient (Wildman–Crippen LogP) is 6.72. The Kier molecular flexibility index (Phi) is 5.24. The number of aryl methyl sites for hydroxylation is 2. The van der Waals surface area contributed by atoms with E-state index in [4.69, 9.17) is 0 Å². The summed E-state index contributed by atoms with van der Waals surface area (Å²) in [5, 5.41) is 0. The number of benzene rings is 2. The van der Waals surface area contributed by atoms with Gasteiger partial charge in [0.15, 0.2) is 0 Å². The Hall–Kier alpha value is -1.82. The molecule has 2 aromatic rings. The Morgan fingerprint density at radius 2 is 1.18 bits per heavy atom. The largest absolute Gasteiger partial charge is 0.0587 e. The van der Waals surface area contributed by atoms with Gasteiger partial charge in [-0.25, -0.2) is 0 Å². The summed E-state index contributed by atoms with van der Waals surface area (Å²) in [6, 6.07) is 13.4. The van der Waals surface area contributed by atoms with E-state index in [0.29, 0.717) is 11.8 Å². The summed E-state index contributed by atoms with van der Waals surface area (Å²) < 4.78 is 0. The Balaban J connectivity index is 2.23. The van der Waals surface area contributed by atoms with Crippen LogP contribution in [0.5, 0.6) is 0 Å². The lowest BCUT2D eigenvalue weighted by Crippen LogP contribution is -1.96. The average molecular weight is 292 g/mol. The van der Waals surface area contributed by atoms with E-state index in [9.17, 15) is 0 Å². The molecule has 0 heterocycles. The first-order chi connectivity index (χ1) is 10.4. The molecule has 22 heavy (non-hydrogen) atoms. The maximum Gasteiger partial charge on any atom is -0.0214 e. The smallest absolute Gasteiger partial charge is 0.0214 e. The maximum absolute atomic E-state index is 2.29. The van der Waals surface area contributed by atoms with Crippen LogP contribution in [0.15, 0.2) is 36.4 Å². The third-order valence-corrected chi connectivity index (χ3v) is 4.26. The monoisotopic (exact) mass is 292 g/mol. The molecule has 0 saturated heterocycles. The van der Waals surface area contributed by atoms with Gasteiger partial charge in [-0.05, 0) is 59.1 Å². The van der Waals surface area contributed by atoms with Gasteiger partial charge in [-0.1, -0.05) is 76.2 Å².